The molecule has 1 aliphatic heterocycles. The van der Waals surface area contributed by atoms with E-state index in [4.69, 9.17) is 7.85 Å². The number of nitrogens with zero attached hydrogens (tertiary/aromatic N) is 7. The summed E-state index contributed by atoms with van der Waals surface area (Å²) in [6.07, 6.45) is 3.26. The van der Waals surface area contributed by atoms with Gasteiger partial charge in [-0.05, 0) is 31.0 Å². The maximum atomic E-state index is 14.0. The molecule has 1 saturated carbocycles. The minimum atomic E-state index is -1.96. The van der Waals surface area contributed by atoms with Crippen molar-refractivity contribution in [3.8, 4) is 0 Å². The summed E-state index contributed by atoms with van der Waals surface area (Å²) in [7, 11) is 10.9. The molecule has 1 atom stereocenters. The van der Waals surface area contributed by atoms with E-state index in [0.717, 1.165) is 18.2 Å². The quantitative estimate of drug-likeness (QED) is 0.139. The Bertz CT molecular complexity index is 2220. The number of hydrogen-bond acceptors (Lipinski definition) is 11. The van der Waals surface area contributed by atoms with Crippen LogP contribution in [0.15, 0.2) is 53.5 Å². The highest BCUT2D eigenvalue weighted by atomic mass is 16.3. The fourth-order valence-corrected chi connectivity index (χ4v) is 6.03. The van der Waals surface area contributed by atoms with Crippen molar-refractivity contribution in [3.05, 3.63) is 76.1 Å². The Morgan fingerprint density at radius 2 is 1.69 bits per heavy atom. The van der Waals surface area contributed by atoms with Crippen LogP contribution >= 0.6 is 0 Å². The molecule has 4 aromatic heterocycles. The number of fused-ring (bicyclic) bond motifs is 3. The van der Waals surface area contributed by atoms with Crippen LogP contribution in [0.2, 0.25) is 0 Å². The molecule has 49 heavy (non-hydrogen) atoms. The van der Waals surface area contributed by atoms with Crippen molar-refractivity contribution in [1.29, 1.82) is 0 Å². The van der Waals surface area contributed by atoms with Crippen molar-refractivity contribution in [1.82, 2.24) is 45.1 Å². The molecule has 16 nitrogen and oxygen atoms in total. The number of aliphatic hydroxyl groups is 1. The second kappa shape index (κ2) is 12.1. The van der Waals surface area contributed by atoms with Crippen LogP contribution in [0.25, 0.3) is 21.8 Å². The number of anilines is 3. The van der Waals surface area contributed by atoms with E-state index >= 15 is 0 Å². The Kier molecular flexibility index (Phi) is 7.87. The van der Waals surface area contributed by atoms with Gasteiger partial charge in [-0.15, -0.1) is 10.2 Å². The zero-order valence-corrected chi connectivity index (χ0v) is 26.9. The van der Waals surface area contributed by atoms with E-state index < -0.39 is 17.4 Å². The van der Waals surface area contributed by atoms with Gasteiger partial charge in [-0.3, -0.25) is 28.8 Å². The topological polar surface area (TPSA) is 201 Å². The number of para-hydroxylation sites is 1. The molecule has 1 aliphatic carbocycles. The Balaban J connectivity index is 1.20. The summed E-state index contributed by atoms with van der Waals surface area (Å²) in [6.45, 7) is 0.519. The normalized spacial score (nSPS) is 16.2. The molecular formula is C32H32BN11O5. The molecule has 0 spiro atoms. The third kappa shape index (κ3) is 5.55. The number of amides is 3. The second-order valence-corrected chi connectivity index (χ2v) is 12.1. The molecule has 5 heterocycles. The Hall–Kier alpha value is -5.68. The molecule has 248 valence electrons. The minimum Gasteiger partial charge on any atom is -0.379 e. The number of carbonyl (C=O) groups is 3. The molecule has 2 fully saturated rings. The lowest BCUT2D eigenvalue weighted by molar-refractivity contribution is -0.117. The first-order chi connectivity index (χ1) is 23.5. The van der Waals surface area contributed by atoms with E-state index in [9.17, 15) is 24.3 Å². The summed E-state index contributed by atoms with van der Waals surface area (Å²) < 4.78 is 3.15. The number of nitrogens with one attached hydrogen (secondary N) is 4. The standard InChI is InChI=1S/C32H32BN11O5/c1-34-29(46)21-8-5-9-23(38-21)32(33,49)43-14-17(15-43)44-27-19(13-36-44)18-6-4-7-20(26(18)42(3)31(27)48)37-22-12-24(39-28(45)16-10-11-16)40-41-25(22)30(47)35-2/h4-9,12-13,16-17,49H,10-11,14-15H2,1-3H3,(H,34,46)(H,35,47)(H2,37,39,40,45). The van der Waals surface area contributed by atoms with Crippen LogP contribution in [0.1, 0.15) is 45.6 Å². The number of pyridine rings is 2. The number of aryl methyl sites for hydroxylation is 1. The summed E-state index contributed by atoms with van der Waals surface area (Å²) >= 11 is 0. The molecule has 2 aliphatic rings. The summed E-state index contributed by atoms with van der Waals surface area (Å²) in [5, 5.41) is 36.3. The SMILES string of the molecule is [B]C(O)(c1cccc(C(=O)NC)n1)N1CC(n2ncc3c4cccc(Nc5cc(NC(=O)C6CC6)nnc5C(=O)NC)c4n(C)c(=O)c32)C1. The van der Waals surface area contributed by atoms with Gasteiger partial charge in [-0.2, -0.15) is 5.10 Å². The van der Waals surface area contributed by atoms with Gasteiger partial charge in [0.05, 0.1) is 34.8 Å². The van der Waals surface area contributed by atoms with Gasteiger partial charge in [-0.1, -0.05) is 18.2 Å². The van der Waals surface area contributed by atoms with Gasteiger partial charge in [-0.25, -0.2) is 4.98 Å². The molecule has 1 aromatic carbocycles. The predicted molar refractivity (Wildman–Crippen MR) is 180 cm³/mol. The molecule has 0 bridgehead atoms. The number of rotatable bonds is 9. The van der Waals surface area contributed by atoms with Gasteiger partial charge in [0.1, 0.15) is 24.7 Å². The van der Waals surface area contributed by atoms with E-state index in [1.807, 2.05) is 12.1 Å². The molecule has 5 aromatic rings. The largest absolute Gasteiger partial charge is 0.379 e. The fourth-order valence-electron chi connectivity index (χ4n) is 6.03. The maximum Gasteiger partial charge on any atom is 0.277 e. The molecule has 1 saturated heterocycles. The number of likely N-dealkylation sites (tertiary alicyclic amines) is 1. The second-order valence-electron chi connectivity index (χ2n) is 12.1. The van der Waals surface area contributed by atoms with E-state index in [1.54, 1.807) is 41.0 Å². The summed E-state index contributed by atoms with van der Waals surface area (Å²) in [5.74, 6) is -0.908. The molecule has 5 N–H and O–H groups in total. The van der Waals surface area contributed by atoms with Crippen LogP contribution in [0, 0.1) is 5.92 Å². The lowest BCUT2D eigenvalue weighted by Gasteiger charge is -2.48. The molecule has 2 radical (unpaired) electrons. The van der Waals surface area contributed by atoms with Crippen LogP contribution in [0.5, 0.6) is 0 Å². The fraction of sp³-hybridized carbons (Fsp3) is 0.312. The first-order valence-corrected chi connectivity index (χ1v) is 15.6. The van der Waals surface area contributed by atoms with Gasteiger partial charge >= 0.3 is 0 Å². The third-order valence-corrected chi connectivity index (χ3v) is 8.95. The van der Waals surface area contributed by atoms with Crippen LogP contribution < -0.4 is 26.8 Å². The summed E-state index contributed by atoms with van der Waals surface area (Å²) in [4.78, 5) is 57.0. The van der Waals surface area contributed by atoms with E-state index in [1.165, 1.54) is 30.8 Å². The zero-order chi connectivity index (χ0) is 34.6. The average Bonchev–Trinajstić information content (AvgIpc) is 3.85. The smallest absolute Gasteiger partial charge is 0.277 e. The molecule has 7 rings (SSSR count). The van der Waals surface area contributed by atoms with Gasteiger partial charge in [0.15, 0.2) is 11.5 Å². The van der Waals surface area contributed by atoms with Gasteiger partial charge < -0.3 is 30.9 Å². The number of aromatic nitrogens is 6. The lowest BCUT2D eigenvalue weighted by Crippen LogP contribution is -2.59. The maximum absolute atomic E-state index is 14.0. The van der Waals surface area contributed by atoms with Crippen molar-refractivity contribution in [2.45, 2.75) is 24.5 Å². The van der Waals surface area contributed by atoms with Crippen LogP contribution in [-0.2, 0) is 17.5 Å². The minimum absolute atomic E-state index is 0.00720. The van der Waals surface area contributed by atoms with E-state index in [-0.39, 0.29) is 65.1 Å². The Labute approximate surface area is 280 Å². The number of hydrogen-bond donors (Lipinski definition) is 5. The van der Waals surface area contributed by atoms with Gasteiger partial charge in [0.25, 0.3) is 17.4 Å². The monoisotopic (exact) mass is 661 g/mol. The van der Waals surface area contributed by atoms with Gasteiger partial charge in [0, 0.05) is 57.0 Å². The summed E-state index contributed by atoms with van der Waals surface area (Å²) in [5.41, 5.74) is -0.308. The highest BCUT2D eigenvalue weighted by Crippen LogP contribution is 2.36. The number of benzene rings is 1. The van der Waals surface area contributed by atoms with Crippen LogP contribution in [0.4, 0.5) is 17.2 Å². The van der Waals surface area contributed by atoms with E-state index in [2.05, 4.69) is 41.5 Å². The van der Waals surface area contributed by atoms with Crippen LogP contribution in [-0.4, -0.2) is 92.3 Å². The van der Waals surface area contributed by atoms with Crippen molar-refractivity contribution < 1.29 is 19.5 Å². The molecule has 17 heteroatoms. The van der Waals surface area contributed by atoms with E-state index in [0.29, 0.717) is 22.1 Å². The van der Waals surface area contributed by atoms with Gasteiger partial charge in [0.2, 0.25) is 5.91 Å². The molecule has 3 amide bonds. The van der Waals surface area contributed by atoms with Crippen molar-refractivity contribution in [2.24, 2.45) is 13.0 Å². The van der Waals surface area contributed by atoms with Crippen molar-refractivity contribution in [3.63, 3.8) is 0 Å². The average molecular weight is 661 g/mol. The highest BCUT2D eigenvalue weighted by molar-refractivity contribution is 6.14. The first-order valence-electron chi connectivity index (χ1n) is 15.6. The third-order valence-electron chi connectivity index (χ3n) is 8.95. The molecular weight excluding hydrogens is 629 g/mol. The lowest BCUT2D eigenvalue weighted by atomic mass is 9.82. The predicted octanol–water partition coefficient (Wildman–Crippen LogP) is 0.713. The molecule has 1 unspecified atom stereocenters. The highest BCUT2D eigenvalue weighted by Gasteiger charge is 2.42. The first kappa shape index (κ1) is 31.9. The number of carbonyl (C=O) groups excluding carboxylic acids is 3. The van der Waals surface area contributed by atoms with Crippen molar-refractivity contribution >= 4 is 64.6 Å². The van der Waals surface area contributed by atoms with Crippen molar-refractivity contribution in [2.75, 3.05) is 37.8 Å². The Morgan fingerprint density at radius 1 is 0.959 bits per heavy atom. The zero-order valence-electron chi connectivity index (χ0n) is 26.9. The summed E-state index contributed by atoms with van der Waals surface area (Å²) in [6, 6.07) is 11.4. The Morgan fingerprint density at radius 3 is 2.41 bits per heavy atom. The van der Waals surface area contributed by atoms with Crippen LogP contribution in [0.3, 0.4) is 0 Å².